The average Bonchev–Trinajstić information content (AvgIpc) is 2.37. The zero-order chi connectivity index (χ0) is 14.3. The Kier molecular flexibility index (Phi) is 5.71. The van der Waals surface area contributed by atoms with E-state index in [2.05, 4.69) is 10.7 Å². The molecule has 1 rings (SSSR count). The van der Waals surface area contributed by atoms with Crippen LogP contribution in [0, 0.1) is 5.82 Å². The summed E-state index contributed by atoms with van der Waals surface area (Å²) in [7, 11) is 0. The van der Waals surface area contributed by atoms with E-state index in [0.29, 0.717) is 0 Å². The van der Waals surface area contributed by atoms with Crippen LogP contribution in [-0.2, 0) is 9.53 Å². The number of nitrogens with one attached hydrogen (secondary N) is 2. The maximum atomic E-state index is 13.3. The highest BCUT2D eigenvalue weighted by Gasteiger charge is 2.13. The predicted octanol–water partition coefficient (Wildman–Crippen LogP) is -0.657. The van der Waals surface area contributed by atoms with E-state index in [1.165, 1.54) is 18.2 Å². The van der Waals surface area contributed by atoms with Gasteiger partial charge in [0.15, 0.2) is 0 Å². The molecule has 0 saturated heterocycles. The van der Waals surface area contributed by atoms with Crippen molar-refractivity contribution in [3.63, 3.8) is 0 Å². The van der Waals surface area contributed by atoms with E-state index >= 15 is 0 Å². The van der Waals surface area contributed by atoms with Gasteiger partial charge in [-0.25, -0.2) is 4.39 Å². The fourth-order valence-electron chi connectivity index (χ4n) is 1.36. The minimum absolute atomic E-state index is 0.0809. The highest BCUT2D eigenvalue weighted by molar-refractivity contribution is 5.99. The molecule has 104 valence electrons. The van der Waals surface area contributed by atoms with Crippen LogP contribution in [-0.4, -0.2) is 31.6 Å². The number of hydrogen-bond donors (Lipinski definition) is 4. The van der Waals surface area contributed by atoms with Gasteiger partial charge in [0.2, 0.25) is 5.91 Å². The summed E-state index contributed by atoms with van der Waals surface area (Å²) in [6.07, 6.45) is 0. The quantitative estimate of drug-likeness (QED) is 0.298. The Morgan fingerprint density at radius 1 is 1.37 bits per heavy atom. The van der Waals surface area contributed by atoms with Gasteiger partial charge in [0.1, 0.15) is 12.4 Å². The third kappa shape index (κ3) is 4.53. The Morgan fingerprint density at radius 2 is 2.11 bits per heavy atom. The van der Waals surface area contributed by atoms with Crippen molar-refractivity contribution in [2.24, 2.45) is 11.6 Å². The Morgan fingerprint density at radius 3 is 2.74 bits per heavy atom. The summed E-state index contributed by atoms with van der Waals surface area (Å²) in [5, 5.41) is 2.50. The van der Waals surface area contributed by atoms with Crippen LogP contribution < -0.4 is 22.3 Å². The smallest absolute Gasteiger partial charge is 0.253 e. The molecule has 0 bridgehead atoms. The monoisotopic (exact) mass is 270 g/mol. The van der Waals surface area contributed by atoms with Gasteiger partial charge in [0.25, 0.3) is 5.91 Å². The first kappa shape index (κ1) is 14.9. The molecule has 0 heterocycles. The Labute approximate surface area is 109 Å². The number of rotatable bonds is 7. The van der Waals surface area contributed by atoms with Crippen molar-refractivity contribution in [3.05, 3.63) is 29.6 Å². The molecule has 6 N–H and O–H groups in total. The van der Waals surface area contributed by atoms with Crippen LogP contribution in [0.5, 0.6) is 0 Å². The van der Waals surface area contributed by atoms with Gasteiger partial charge in [0.05, 0.1) is 17.9 Å². The summed E-state index contributed by atoms with van der Waals surface area (Å²) in [4.78, 5) is 22.1. The molecule has 0 unspecified atom stereocenters. The summed E-state index contributed by atoms with van der Waals surface area (Å²) in [6.45, 7) is 0.0630. The minimum atomic E-state index is -0.625. The maximum Gasteiger partial charge on any atom is 0.253 e. The third-order valence-corrected chi connectivity index (χ3v) is 2.18. The molecule has 8 heteroatoms. The number of carbonyl (C=O) groups excluding carboxylic acids is 2. The number of halogens is 1. The highest BCUT2D eigenvalue weighted by Crippen LogP contribution is 2.18. The van der Waals surface area contributed by atoms with Crippen molar-refractivity contribution >= 4 is 17.5 Å². The van der Waals surface area contributed by atoms with Crippen LogP contribution in [0.1, 0.15) is 10.4 Å². The molecule has 0 aliphatic rings. The number of amides is 2. The number of ether oxygens (including phenoxy) is 1. The summed E-state index contributed by atoms with van der Waals surface area (Å²) in [5.41, 5.74) is 6.99. The normalized spacial score (nSPS) is 10.0. The van der Waals surface area contributed by atoms with E-state index in [-0.39, 0.29) is 31.0 Å². The van der Waals surface area contributed by atoms with Gasteiger partial charge in [-0.15, -0.1) is 0 Å². The zero-order valence-electron chi connectivity index (χ0n) is 10.1. The first-order chi connectivity index (χ1) is 9.06. The number of para-hydroxylation sites is 1. The second kappa shape index (κ2) is 7.29. The molecule has 19 heavy (non-hydrogen) atoms. The van der Waals surface area contributed by atoms with Crippen molar-refractivity contribution in [2.75, 3.05) is 25.2 Å². The van der Waals surface area contributed by atoms with Gasteiger partial charge < -0.3 is 21.2 Å². The first-order valence-electron chi connectivity index (χ1n) is 5.45. The number of anilines is 1. The summed E-state index contributed by atoms with van der Waals surface area (Å²) >= 11 is 0. The number of hydrazine groups is 1. The molecule has 0 saturated carbocycles. The molecule has 0 spiro atoms. The molecule has 0 aliphatic heterocycles. The van der Waals surface area contributed by atoms with Gasteiger partial charge in [-0.1, -0.05) is 6.07 Å². The molecule has 1 aromatic rings. The molecule has 2 amide bonds. The summed E-state index contributed by atoms with van der Waals surface area (Å²) in [6, 6.07) is 4.01. The van der Waals surface area contributed by atoms with Crippen molar-refractivity contribution < 1.29 is 18.7 Å². The average molecular weight is 270 g/mol. The van der Waals surface area contributed by atoms with Crippen LogP contribution in [0.4, 0.5) is 10.1 Å². The molecule has 0 atom stereocenters. The van der Waals surface area contributed by atoms with E-state index < -0.39 is 17.6 Å². The first-order valence-corrected chi connectivity index (χ1v) is 5.45. The van der Waals surface area contributed by atoms with Gasteiger partial charge in [-0.2, -0.15) is 0 Å². The van der Waals surface area contributed by atoms with Crippen LogP contribution >= 0.6 is 0 Å². The van der Waals surface area contributed by atoms with E-state index in [4.69, 9.17) is 16.3 Å². The standard InChI is InChI=1S/C11H15FN4O3/c12-8-3-1-2-7(10(8)16-14)11(18)15-4-5-19-6-9(13)17/h1-3,16H,4-6,14H2,(H2,13,17)(H,15,18). The Hall–Kier alpha value is -2.19. The molecule has 0 radical (unpaired) electrons. The fourth-order valence-corrected chi connectivity index (χ4v) is 1.36. The molecular weight excluding hydrogens is 255 g/mol. The lowest BCUT2D eigenvalue weighted by Crippen LogP contribution is -2.30. The summed E-state index contributed by atoms with van der Waals surface area (Å²) in [5.74, 6) is 3.43. The third-order valence-electron chi connectivity index (χ3n) is 2.18. The number of nitrogens with two attached hydrogens (primary N) is 2. The van der Waals surface area contributed by atoms with Gasteiger partial charge in [0, 0.05) is 6.54 Å². The second-order valence-corrected chi connectivity index (χ2v) is 3.58. The van der Waals surface area contributed by atoms with Crippen LogP contribution in [0.15, 0.2) is 18.2 Å². The minimum Gasteiger partial charge on any atom is -0.370 e. The summed E-state index contributed by atoms with van der Waals surface area (Å²) < 4.78 is 18.2. The Bertz CT molecular complexity index is 467. The lowest BCUT2D eigenvalue weighted by Gasteiger charge is -2.10. The molecule has 0 aliphatic carbocycles. The van der Waals surface area contributed by atoms with Crippen molar-refractivity contribution in [3.8, 4) is 0 Å². The van der Waals surface area contributed by atoms with E-state index in [0.717, 1.165) is 0 Å². The largest absolute Gasteiger partial charge is 0.370 e. The number of primary amides is 1. The van der Waals surface area contributed by atoms with Gasteiger partial charge in [-0.05, 0) is 12.1 Å². The van der Waals surface area contributed by atoms with E-state index in [9.17, 15) is 14.0 Å². The number of carbonyl (C=O) groups is 2. The molecular formula is C11H15FN4O3. The maximum absolute atomic E-state index is 13.3. The van der Waals surface area contributed by atoms with Crippen molar-refractivity contribution in [2.45, 2.75) is 0 Å². The topological polar surface area (TPSA) is 119 Å². The lowest BCUT2D eigenvalue weighted by atomic mass is 10.1. The second-order valence-electron chi connectivity index (χ2n) is 3.58. The molecule has 7 nitrogen and oxygen atoms in total. The Balaban J connectivity index is 2.50. The predicted molar refractivity (Wildman–Crippen MR) is 66.6 cm³/mol. The molecule has 0 aromatic heterocycles. The fraction of sp³-hybridized carbons (Fsp3) is 0.273. The van der Waals surface area contributed by atoms with Crippen LogP contribution in [0.25, 0.3) is 0 Å². The van der Waals surface area contributed by atoms with E-state index in [1.807, 2.05) is 0 Å². The highest BCUT2D eigenvalue weighted by atomic mass is 19.1. The number of benzene rings is 1. The van der Waals surface area contributed by atoms with Gasteiger partial charge >= 0.3 is 0 Å². The SMILES string of the molecule is NNc1c(F)cccc1C(=O)NCCOCC(N)=O. The van der Waals surface area contributed by atoms with E-state index in [1.54, 1.807) is 0 Å². The van der Waals surface area contributed by atoms with Crippen LogP contribution in [0.3, 0.4) is 0 Å². The lowest BCUT2D eigenvalue weighted by molar-refractivity contribution is -0.122. The van der Waals surface area contributed by atoms with Gasteiger partial charge in [-0.3, -0.25) is 15.4 Å². The molecule has 1 aromatic carbocycles. The zero-order valence-corrected chi connectivity index (χ0v) is 10.1. The van der Waals surface area contributed by atoms with Crippen molar-refractivity contribution in [1.29, 1.82) is 0 Å². The number of nitrogen functional groups attached to an aromatic ring is 1. The van der Waals surface area contributed by atoms with Crippen molar-refractivity contribution in [1.82, 2.24) is 5.32 Å². The molecule has 0 fully saturated rings. The number of hydrogen-bond acceptors (Lipinski definition) is 5. The van der Waals surface area contributed by atoms with Crippen LogP contribution in [0.2, 0.25) is 0 Å².